The molecule has 0 bridgehead atoms. The molecule has 0 spiro atoms. The first-order valence-corrected chi connectivity index (χ1v) is 10.1. The summed E-state index contributed by atoms with van der Waals surface area (Å²) in [5.74, 6) is -1.74. The third-order valence-corrected chi connectivity index (χ3v) is 4.70. The molecule has 0 saturated carbocycles. The predicted molar refractivity (Wildman–Crippen MR) is 102 cm³/mol. The maximum Gasteiger partial charge on any atom is 0.353 e. The SMILES string of the molecule is CC(=O)Oc1cccc(Oc2cc3cnc(S(C)(=O)=O)nc3n(C)c2=O)c1[N+](=O)[O-]. The standard InChI is InChI=1S/C17H14N4O8S/c1-9(22)28-11-5-4-6-12(14(11)21(24)25)29-13-7-10-8-18-17(30(3,26)27)19-15(10)20(2)16(13)23/h4-8H,1-3H3. The summed E-state index contributed by atoms with van der Waals surface area (Å²) in [5.41, 5.74) is -1.34. The molecule has 0 saturated heterocycles. The van der Waals surface area contributed by atoms with Crippen LogP contribution < -0.4 is 15.0 Å². The lowest BCUT2D eigenvalue weighted by molar-refractivity contribution is -0.386. The van der Waals surface area contributed by atoms with E-state index in [0.717, 1.165) is 17.7 Å². The number of aromatic nitrogens is 3. The molecule has 0 unspecified atom stereocenters. The van der Waals surface area contributed by atoms with Crippen molar-refractivity contribution in [2.75, 3.05) is 6.26 Å². The van der Waals surface area contributed by atoms with Crippen molar-refractivity contribution in [3.8, 4) is 17.2 Å². The van der Waals surface area contributed by atoms with E-state index < -0.39 is 37.1 Å². The lowest BCUT2D eigenvalue weighted by Gasteiger charge is -2.11. The highest BCUT2D eigenvalue weighted by molar-refractivity contribution is 7.90. The minimum atomic E-state index is -3.70. The van der Waals surface area contributed by atoms with Gasteiger partial charge in [0, 0.05) is 31.8 Å². The molecule has 156 valence electrons. The zero-order chi connectivity index (χ0) is 22.2. The summed E-state index contributed by atoms with van der Waals surface area (Å²) in [6.07, 6.45) is 2.12. The van der Waals surface area contributed by atoms with Crippen LogP contribution >= 0.6 is 0 Å². The lowest BCUT2D eigenvalue weighted by Crippen LogP contribution is -2.20. The summed E-state index contributed by atoms with van der Waals surface area (Å²) >= 11 is 0. The molecule has 2 aromatic heterocycles. The van der Waals surface area contributed by atoms with Gasteiger partial charge in [0.15, 0.2) is 5.75 Å². The van der Waals surface area contributed by atoms with Crippen LogP contribution in [0.25, 0.3) is 11.0 Å². The van der Waals surface area contributed by atoms with Crippen molar-refractivity contribution in [3.63, 3.8) is 0 Å². The van der Waals surface area contributed by atoms with Gasteiger partial charge >= 0.3 is 11.7 Å². The number of pyridine rings is 1. The van der Waals surface area contributed by atoms with Crippen molar-refractivity contribution >= 4 is 32.5 Å². The molecule has 12 nitrogen and oxygen atoms in total. The number of fused-ring (bicyclic) bond motifs is 1. The second-order valence-corrected chi connectivity index (χ2v) is 8.04. The molecule has 13 heteroatoms. The van der Waals surface area contributed by atoms with Gasteiger partial charge in [-0.3, -0.25) is 24.3 Å². The predicted octanol–water partition coefficient (Wildman–Crippen LogP) is 1.36. The monoisotopic (exact) mass is 434 g/mol. The van der Waals surface area contributed by atoms with Crippen LogP contribution in [0.4, 0.5) is 5.69 Å². The van der Waals surface area contributed by atoms with Crippen molar-refractivity contribution < 1.29 is 27.6 Å². The van der Waals surface area contributed by atoms with Crippen LogP contribution in [0.1, 0.15) is 6.92 Å². The summed E-state index contributed by atoms with van der Waals surface area (Å²) in [7, 11) is -2.36. The normalized spacial score (nSPS) is 11.3. The minimum absolute atomic E-state index is 0.0333. The summed E-state index contributed by atoms with van der Waals surface area (Å²) in [6.45, 7) is 1.08. The Hall–Kier alpha value is -3.87. The number of hydrogen-bond acceptors (Lipinski definition) is 10. The first-order valence-electron chi connectivity index (χ1n) is 8.19. The van der Waals surface area contributed by atoms with Crippen molar-refractivity contribution in [1.82, 2.24) is 14.5 Å². The maximum atomic E-state index is 12.7. The summed E-state index contributed by atoms with van der Waals surface area (Å²) in [5, 5.41) is 11.3. The molecular formula is C17H14N4O8S. The fourth-order valence-corrected chi connectivity index (χ4v) is 3.07. The van der Waals surface area contributed by atoms with E-state index in [1.807, 2.05) is 0 Å². The largest absolute Gasteiger partial charge is 0.444 e. The van der Waals surface area contributed by atoms with E-state index in [9.17, 15) is 28.1 Å². The number of hydrogen-bond donors (Lipinski definition) is 0. The minimum Gasteiger partial charge on any atom is -0.444 e. The molecule has 3 aromatic rings. The van der Waals surface area contributed by atoms with Gasteiger partial charge in [0.1, 0.15) is 5.65 Å². The van der Waals surface area contributed by atoms with Crippen molar-refractivity contribution in [2.45, 2.75) is 12.1 Å². The summed E-state index contributed by atoms with van der Waals surface area (Å²) in [4.78, 5) is 42.2. The Balaban J connectivity index is 2.15. The molecule has 0 N–H and O–H groups in total. The van der Waals surface area contributed by atoms with Crippen molar-refractivity contribution in [3.05, 3.63) is 50.9 Å². The number of sulfone groups is 1. The highest BCUT2D eigenvalue weighted by Crippen LogP contribution is 2.38. The van der Waals surface area contributed by atoms with E-state index in [0.29, 0.717) is 0 Å². The van der Waals surface area contributed by atoms with Crippen LogP contribution in [0.5, 0.6) is 17.2 Å². The van der Waals surface area contributed by atoms with Gasteiger partial charge in [0.05, 0.1) is 4.92 Å². The zero-order valence-electron chi connectivity index (χ0n) is 15.8. The molecule has 30 heavy (non-hydrogen) atoms. The number of ether oxygens (including phenoxy) is 2. The van der Waals surface area contributed by atoms with Crippen LogP contribution in [0.2, 0.25) is 0 Å². The molecule has 0 amide bonds. The van der Waals surface area contributed by atoms with E-state index in [1.165, 1.54) is 37.5 Å². The van der Waals surface area contributed by atoms with Gasteiger partial charge in [-0.2, -0.15) is 4.98 Å². The highest BCUT2D eigenvalue weighted by atomic mass is 32.2. The van der Waals surface area contributed by atoms with Gasteiger partial charge < -0.3 is 9.47 Å². The van der Waals surface area contributed by atoms with E-state index in [-0.39, 0.29) is 28.3 Å². The number of nitro benzene ring substituents is 1. The highest BCUT2D eigenvalue weighted by Gasteiger charge is 2.25. The van der Waals surface area contributed by atoms with Gasteiger partial charge in [-0.25, -0.2) is 13.4 Å². The molecule has 0 atom stereocenters. The molecule has 0 aliphatic carbocycles. The van der Waals surface area contributed by atoms with Crippen LogP contribution in [0.3, 0.4) is 0 Å². The Morgan fingerprint density at radius 1 is 1.23 bits per heavy atom. The number of aryl methyl sites for hydroxylation is 1. The molecular weight excluding hydrogens is 420 g/mol. The van der Waals surface area contributed by atoms with Gasteiger partial charge in [-0.05, 0) is 18.2 Å². The van der Waals surface area contributed by atoms with Crippen LogP contribution in [0.15, 0.2) is 40.4 Å². The van der Waals surface area contributed by atoms with E-state index in [2.05, 4.69) is 9.97 Å². The lowest BCUT2D eigenvalue weighted by atomic mass is 10.2. The second-order valence-electron chi connectivity index (χ2n) is 6.13. The Labute approximate surface area is 168 Å². The molecule has 1 aromatic carbocycles. The average Bonchev–Trinajstić information content (AvgIpc) is 2.64. The number of carbonyl (C=O) groups is 1. The van der Waals surface area contributed by atoms with E-state index in [1.54, 1.807) is 0 Å². The number of esters is 1. The maximum absolute atomic E-state index is 12.7. The fourth-order valence-electron chi connectivity index (χ4n) is 2.57. The molecule has 2 heterocycles. The van der Waals surface area contributed by atoms with E-state index in [4.69, 9.17) is 9.47 Å². The number of carbonyl (C=O) groups excluding carboxylic acids is 1. The first-order chi connectivity index (χ1) is 14.0. The van der Waals surface area contributed by atoms with Gasteiger partial charge in [0.2, 0.25) is 26.5 Å². The Kier molecular flexibility index (Phi) is 5.22. The number of rotatable bonds is 5. The Bertz CT molecular complexity index is 1360. The van der Waals surface area contributed by atoms with Gasteiger partial charge in [0.25, 0.3) is 5.56 Å². The van der Waals surface area contributed by atoms with Crippen LogP contribution in [-0.2, 0) is 21.7 Å². The molecule has 0 radical (unpaired) electrons. The Morgan fingerprint density at radius 3 is 2.50 bits per heavy atom. The van der Waals surface area contributed by atoms with Crippen LogP contribution in [0, 0.1) is 10.1 Å². The average molecular weight is 434 g/mol. The quantitative estimate of drug-likeness (QED) is 0.188. The number of benzene rings is 1. The third kappa shape index (κ3) is 3.96. The molecule has 0 fully saturated rings. The Morgan fingerprint density at radius 2 is 1.90 bits per heavy atom. The zero-order valence-corrected chi connectivity index (χ0v) is 16.7. The summed E-state index contributed by atoms with van der Waals surface area (Å²) < 4.78 is 34.6. The molecule has 3 rings (SSSR count). The number of para-hydroxylation sites is 1. The van der Waals surface area contributed by atoms with Crippen molar-refractivity contribution in [2.24, 2.45) is 7.05 Å². The molecule has 0 aliphatic rings. The number of nitrogens with zero attached hydrogens (tertiary/aromatic N) is 4. The number of nitro groups is 1. The topological polar surface area (TPSA) is 161 Å². The third-order valence-electron chi connectivity index (χ3n) is 3.84. The first kappa shape index (κ1) is 20.9. The molecule has 0 aliphatic heterocycles. The second kappa shape index (κ2) is 7.51. The van der Waals surface area contributed by atoms with E-state index >= 15 is 0 Å². The smallest absolute Gasteiger partial charge is 0.353 e. The van der Waals surface area contributed by atoms with Gasteiger partial charge in [-0.15, -0.1) is 0 Å². The van der Waals surface area contributed by atoms with Crippen LogP contribution in [-0.4, -0.2) is 40.1 Å². The van der Waals surface area contributed by atoms with Crippen molar-refractivity contribution in [1.29, 1.82) is 0 Å². The fraction of sp³-hybridized carbons (Fsp3) is 0.176. The van der Waals surface area contributed by atoms with Gasteiger partial charge in [-0.1, -0.05) is 6.07 Å². The summed E-state index contributed by atoms with van der Waals surface area (Å²) in [6, 6.07) is 5.03.